The lowest BCUT2D eigenvalue weighted by Gasteiger charge is -2.71. The minimum Gasteiger partial charge on any atom is -0.0894 e. The molecule has 1 aromatic rings. The zero-order chi connectivity index (χ0) is 25.1. The van der Waals surface area contributed by atoms with Gasteiger partial charge in [-0.2, -0.15) is 0 Å². The van der Waals surface area contributed by atoms with E-state index in [-0.39, 0.29) is 7.92 Å². The van der Waals surface area contributed by atoms with E-state index in [0.717, 1.165) is 47.3 Å². The fourth-order valence-corrected chi connectivity index (χ4v) is 18.1. The maximum atomic E-state index is 2.57. The number of hydrogen-bond donors (Lipinski definition) is 0. The molecular weight excluding hydrogens is 451 g/mol. The Bertz CT molecular complexity index is 886. The molecule has 0 saturated heterocycles. The Morgan fingerprint density at radius 2 is 1.00 bits per heavy atom. The van der Waals surface area contributed by atoms with Crippen LogP contribution in [0.5, 0.6) is 0 Å². The smallest absolute Gasteiger partial charge is 0.00631 e. The molecule has 1 aromatic carbocycles. The molecule has 8 bridgehead atoms. The number of benzene rings is 1. The van der Waals surface area contributed by atoms with Crippen molar-refractivity contribution in [1.29, 1.82) is 0 Å². The van der Waals surface area contributed by atoms with Crippen LogP contribution in [0.3, 0.4) is 0 Å². The molecular formula is C35H53P. The maximum absolute atomic E-state index is 2.57. The minimum atomic E-state index is 0.00504. The summed E-state index contributed by atoms with van der Waals surface area (Å²) in [5.41, 5.74) is 2.66. The van der Waals surface area contributed by atoms with Crippen LogP contribution in [0.4, 0.5) is 0 Å². The van der Waals surface area contributed by atoms with E-state index in [0.29, 0.717) is 21.1 Å². The van der Waals surface area contributed by atoms with E-state index in [9.17, 15) is 0 Å². The standard InChI is InChI=1S/C35H53P/c1-32(2,3)30-26-12-24-13-27(30)19-34(16-24,18-26)36(22-23-10-8-7-9-11-23)35-17-25-14-28(20-35)31(33(4,5)6)29(15-25)21-35/h7-11,24-31H,12-22H2,1-6H3. The number of hydrogen-bond acceptors (Lipinski definition) is 0. The van der Waals surface area contributed by atoms with E-state index in [4.69, 9.17) is 0 Å². The Balaban J connectivity index is 1.29. The normalized spacial score (nSPS) is 47.9. The van der Waals surface area contributed by atoms with Crippen molar-refractivity contribution in [2.75, 3.05) is 0 Å². The van der Waals surface area contributed by atoms with Crippen LogP contribution in [0.15, 0.2) is 30.3 Å². The Labute approximate surface area is 223 Å². The van der Waals surface area contributed by atoms with Gasteiger partial charge in [0.15, 0.2) is 0 Å². The van der Waals surface area contributed by atoms with Crippen LogP contribution in [0, 0.1) is 58.2 Å². The van der Waals surface area contributed by atoms with Gasteiger partial charge in [0.25, 0.3) is 0 Å². The fraction of sp³-hybridized carbons (Fsp3) is 0.829. The van der Waals surface area contributed by atoms with Crippen molar-refractivity contribution in [2.45, 2.75) is 122 Å². The highest BCUT2D eigenvalue weighted by Gasteiger charge is 2.66. The van der Waals surface area contributed by atoms with Crippen LogP contribution in [-0.4, -0.2) is 10.3 Å². The second kappa shape index (κ2) is 8.09. The van der Waals surface area contributed by atoms with Gasteiger partial charge in [0.1, 0.15) is 0 Å². The monoisotopic (exact) mass is 504 g/mol. The average Bonchev–Trinajstić information content (AvgIpc) is 2.74. The first-order chi connectivity index (χ1) is 17.0. The minimum absolute atomic E-state index is 0.00504. The van der Waals surface area contributed by atoms with Gasteiger partial charge >= 0.3 is 0 Å². The van der Waals surface area contributed by atoms with E-state index in [1.54, 1.807) is 69.8 Å². The molecule has 4 atom stereocenters. The topological polar surface area (TPSA) is 0 Å². The van der Waals surface area contributed by atoms with E-state index in [2.05, 4.69) is 71.9 Å². The molecule has 0 amide bonds. The number of rotatable bonds is 4. The molecule has 0 aliphatic heterocycles. The predicted molar refractivity (Wildman–Crippen MR) is 156 cm³/mol. The summed E-state index contributed by atoms with van der Waals surface area (Å²) in [5, 5.41) is 1.40. The van der Waals surface area contributed by atoms with Crippen molar-refractivity contribution in [3.63, 3.8) is 0 Å². The van der Waals surface area contributed by atoms with Gasteiger partial charge in [-0.3, -0.25) is 0 Å². The summed E-state index contributed by atoms with van der Waals surface area (Å²) in [6, 6.07) is 11.9. The summed E-state index contributed by atoms with van der Waals surface area (Å²) in [5.74, 6) is 8.16. The molecule has 0 N–H and O–H groups in total. The second-order valence-electron chi connectivity index (χ2n) is 17.2. The molecule has 0 heterocycles. The van der Waals surface area contributed by atoms with Gasteiger partial charge in [0, 0.05) is 0 Å². The molecule has 8 fully saturated rings. The quantitative estimate of drug-likeness (QED) is 0.358. The first-order valence-corrected chi connectivity index (χ1v) is 17.3. The summed E-state index contributed by atoms with van der Waals surface area (Å²) >= 11 is 0. The molecule has 8 aliphatic carbocycles. The van der Waals surface area contributed by atoms with Crippen molar-refractivity contribution in [2.24, 2.45) is 58.2 Å². The van der Waals surface area contributed by atoms with Gasteiger partial charge in [-0.1, -0.05) is 79.8 Å². The Hall–Kier alpha value is -0.350. The van der Waals surface area contributed by atoms with Gasteiger partial charge in [0.05, 0.1) is 0 Å². The third-order valence-corrected chi connectivity index (χ3v) is 16.9. The molecule has 0 nitrogen and oxygen atoms in total. The highest BCUT2D eigenvalue weighted by Crippen LogP contribution is 2.81. The third kappa shape index (κ3) is 3.76. The Kier molecular flexibility index (Phi) is 5.54. The Morgan fingerprint density at radius 1 is 0.611 bits per heavy atom. The van der Waals surface area contributed by atoms with Crippen LogP contribution in [-0.2, 0) is 6.16 Å². The zero-order valence-electron chi connectivity index (χ0n) is 24.2. The molecule has 36 heavy (non-hydrogen) atoms. The van der Waals surface area contributed by atoms with Crippen LogP contribution >= 0.6 is 7.92 Å². The van der Waals surface area contributed by atoms with Gasteiger partial charge in [0.2, 0.25) is 0 Å². The van der Waals surface area contributed by atoms with Gasteiger partial charge < -0.3 is 0 Å². The highest BCUT2D eigenvalue weighted by molar-refractivity contribution is 7.60. The first-order valence-electron chi connectivity index (χ1n) is 15.8. The zero-order valence-corrected chi connectivity index (χ0v) is 25.1. The highest BCUT2D eigenvalue weighted by atomic mass is 31.1. The maximum Gasteiger partial charge on any atom is -0.00631 e. The molecule has 9 rings (SSSR count). The molecule has 4 unspecified atom stereocenters. The van der Waals surface area contributed by atoms with Crippen molar-refractivity contribution in [3.8, 4) is 0 Å². The van der Waals surface area contributed by atoms with Crippen LogP contribution in [0.25, 0.3) is 0 Å². The molecule has 0 spiro atoms. The summed E-state index contributed by atoms with van der Waals surface area (Å²) < 4.78 is 0. The molecule has 198 valence electrons. The van der Waals surface area contributed by atoms with E-state index >= 15 is 0 Å². The lowest BCUT2D eigenvalue weighted by molar-refractivity contribution is -0.0814. The lowest BCUT2D eigenvalue weighted by Crippen LogP contribution is -2.61. The SMILES string of the molecule is CC(C)(C)C1C2CC3CC1CC(P(Cc1ccccc1)C14CC5CC(C1)C(C(C)(C)C)C(C5)C4)(C3)C2. The Morgan fingerprint density at radius 3 is 1.36 bits per heavy atom. The van der Waals surface area contributed by atoms with Crippen LogP contribution in [0.1, 0.15) is 111 Å². The molecule has 0 radical (unpaired) electrons. The van der Waals surface area contributed by atoms with Crippen LogP contribution in [0.2, 0.25) is 0 Å². The van der Waals surface area contributed by atoms with Crippen molar-refractivity contribution in [1.82, 2.24) is 0 Å². The summed E-state index contributed by atoms with van der Waals surface area (Å²) in [6.07, 6.45) is 17.4. The van der Waals surface area contributed by atoms with Gasteiger partial charge in [-0.05, 0) is 144 Å². The first kappa shape index (κ1) is 24.7. The van der Waals surface area contributed by atoms with E-state index in [1.165, 1.54) is 6.16 Å². The van der Waals surface area contributed by atoms with Crippen LogP contribution < -0.4 is 0 Å². The molecule has 8 aliphatic rings. The van der Waals surface area contributed by atoms with Crippen molar-refractivity contribution >= 4 is 7.92 Å². The fourth-order valence-electron chi connectivity index (χ4n) is 13.1. The predicted octanol–water partition coefficient (Wildman–Crippen LogP) is 10.2. The molecule has 8 saturated carbocycles. The summed E-state index contributed by atoms with van der Waals surface area (Å²) in [7, 11) is 0.00504. The third-order valence-electron chi connectivity index (χ3n) is 12.8. The second-order valence-corrected chi connectivity index (χ2v) is 20.3. The van der Waals surface area contributed by atoms with Gasteiger partial charge in [-0.15, -0.1) is 0 Å². The van der Waals surface area contributed by atoms with E-state index < -0.39 is 0 Å². The molecule has 0 aromatic heterocycles. The van der Waals surface area contributed by atoms with Crippen molar-refractivity contribution in [3.05, 3.63) is 35.9 Å². The van der Waals surface area contributed by atoms with Gasteiger partial charge in [-0.25, -0.2) is 0 Å². The van der Waals surface area contributed by atoms with Crippen molar-refractivity contribution < 1.29 is 0 Å². The molecule has 1 heteroatoms. The average molecular weight is 505 g/mol. The summed E-state index contributed by atoms with van der Waals surface area (Å²) in [6.45, 7) is 15.4. The van der Waals surface area contributed by atoms with E-state index in [1.807, 2.05) is 0 Å². The largest absolute Gasteiger partial charge is 0.0894 e. The summed E-state index contributed by atoms with van der Waals surface area (Å²) in [4.78, 5) is 0. The lowest BCUT2D eigenvalue weighted by atomic mass is 9.46.